The molecule has 2 aromatic rings. The number of anilines is 1. The van der Waals surface area contributed by atoms with Gasteiger partial charge in [-0.3, -0.25) is 33.7 Å². The number of methoxy groups -OCH3 is 2. The number of aliphatic hydroxyl groups is 1. The van der Waals surface area contributed by atoms with Gasteiger partial charge in [-0.05, 0) is 86.0 Å². The topological polar surface area (TPSA) is 280 Å². The zero-order valence-electron chi connectivity index (χ0n) is 50.8. The van der Waals surface area contributed by atoms with Crippen molar-refractivity contribution >= 4 is 53.3 Å². The third kappa shape index (κ3) is 20.6. The molecule has 0 spiro atoms. The van der Waals surface area contributed by atoms with Gasteiger partial charge in [-0.1, -0.05) is 118 Å². The monoisotopic (exact) mass is 1140 g/mol. The number of nitrogens with two attached hydrogens (primary N) is 1. The highest BCUT2D eigenvalue weighted by molar-refractivity contribution is 5.97. The number of urea groups is 1. The third-order valence-corrected chi connectivity index (χ3v) is 15.5. The molecular formula is C60H97N9O12. The molecule has 21 heteroatoms. The van der Waals surface area contributed by atoms with Gasteiger partial charge in [0.2, 0.25) is 35.4 Å². The first-order valence-corrected chi connectivity index (χ1v) is 28.8. The summed E-state index contributed by atoms with van der Waals surface area (Å²) in [5, 5.41) is 25.0. The summed E-state index contributed by atoms with van der Waals surface area (Å²) in [4.78, 5) is 113. The van der Waals surface area contributed by atoms with Crippen LogP contribution in [0.3, 0.4) is 0 Å². The molecule has 1 aliphatic rings. The van der Waals surface area contributed by atoms with Crippen LogP contribution in [0.2, 0.25) is 0 Å². The maximum absolute atomic E-state index is 14.7. The van der Waals surface area contributed by atoms with E-state index in [0.29, 0.717) is 55.5 Å². The molecule has 21 nitrogen and oxygen atoms in total. The van der Waals surface area contributed by atoms with E-state index >= 15 is 0 Å². The molecule has 1 fully saturated rings. The fourth-order valence-electron chi connectivity index (χ4n) is 10.8. The van der Waals surface area contributed by atoms with E-state index in [-0.39, 0.29) is 61.5 Å². The van der Waals surface area contributed by atoms with Crippen molar-refractivity contribution in [3.05, 3.63) is 65.7 Å². The summed E-state index contributed by atoms with van der Waals surface area (Å²) >= 11 is 0. The Morgan fingerprint density at radius 1 is 0.778 bits per heavy atom. The highest BCUT2D eigenvalue weighted by atomic mass is 16.6. The number of primary amides is 1. The van der Waals surface area contributed by atoms with Crippen molar-refractivity contribution in [2.75, 3.05) is 46.7 Å². The van der Waals surface area contributed by atoms with E-state index in [1.54, 1.807) is 80.9 Å². The van der Waals surface area contributed by atoms with Crippen LogP contribution in [0.5, 0.6) is 0 Å². The molecule has 0 aliphatic carbocycles. The second-order valence-corrected chi connectivity index (χ2v) is 23.0. The summed E-state index contributed by atoms with van der Waals surface area (Å²) in [6.45, 7) is 21.0. The number of carbonyl (C=O) groups excluding carboxylic acids is 8. The highest BCUT2D eigenvalue weighted by Gasteiger charge is 2.44. The van der Waals surface area contributed by atoms with E-state index in [0.717, 1.165) is 0 Å². The first-order valence-electron chi connectivity index (χ1n) is 28.8. The molecule has 0 saturated carbocycles. The number of amides is 9. The number of benzene rings is 2. The summed E-state index contributed by atoms with van der Waals surface area (Å²) in [5.41, 5.74) is 6.89. The van der Waals surface area contributed by atoms with Gasteiger partial charge >= 0.3 is 12.1 Å². The number of likely N-dealkylation sites (N-methyl/N-ethyl adjacent to an activating group) is 2. The Morgan fingerprint density at radius 2 is 1.42 bits per heavy atom. The van der Waals surface area contributed by atoms with Crippen molar-refractivity contribution in [1.29, 1.82) is 0 Å². The first kappa shape index (κ1) is 69.0. The van der Waals surface area contributed by atoms with Crippen molar-refractivity contribution in [1.82, 2.24) is 36.0 Å². The lowest BCUT2D eigenvalue weighted by molar-refractivity contribution is -0.148. The summed E-state index contributed by atoms with van der Waals surface area (Å²) in [6, 6.07) is 10.5. The minimum absolute atomic E-state index is 0.0712. The van der Waals surface area contributed by atoms with Crippen molar-refractivity contribution in [2.45, 2.75) is 182 Å². The molecule has 0 bridgehead atoms. The van der Waals surface area contributed by atoms with Gasteiger partial charge < -0.3 is 61.4 Å². The molecule has 0 aromatic heterocycles. The Kier molecular flexibility index (Phi) is 28.6. The molecule has 3 rings (SSSR count). The first-order chi connectivity index (χ1) is 38.2. The summed E-state index contributed by atoms with van der Waals surface area (Å²) in [6.07, 6.45) is 0.0428. The van der Waals surface area contributed by atoms with Crippen LogP contribution in [0.1, 0.15) is 138 Å². The predicted octanol–water partition coefficient (Wildman–Crippen LogP) is 6.13. The van der Waals surface area contributed by atoms with Crippen LogP contribution in [0.25, 0.3) is 0 Å². The quantitative estimate of drug-likeness (QED) is 0.0408. The lowest BCUT2D eigenvalue weighted by atomic mass is 9.89. The molecule has 9 amide bonds. The number of rotatable bonds is 32. The fourth-order valence-corrected chi connectivity index (χ4v) is 10.8. The second-order valence-electron chi connectivity index (χ2n) is 23.0. The smallest absolute Gasteiger partial charge is 0.410 e. The van der Waals surface area contributed by atoms with Gasteiger partial charge in [-0.25, -0.2) is 9.59 Å². The predicted molar refractivity (Wildman–Crippen MR) is 311 cm³/mol. The van der Waals surface area contributed by atoms with Gasteiger partial charge in [-0.2, -0.15) is 0 Å². The van der Waals surface area contributed by atoms with E-state index < -0.39 is 102 Å². The van der Waals surface area contributed by atoms with Crippen molar-refractivity contribution in [3.8, 4) is 0 Å². The minimum Gasteiger partial charge on any atom is -0.445 e. The average molecular weight is 1140 g/mol. The summed E-state index contributed by atoms with van der Waals surface area (Å²) in [5.74, 6) is -3.84. The Hall–Kier alpha value is -6.32. The highest BCUT2D eigenvalue weighted by Crippen LogP contribution is 2.30. The number of hydrogen-bond acceptors (Lipinski definition) is 12. The maximum Gasteiger partial charge on any atom is 0.410 e. The number of nitrogens with zero attached hydrogens (tertiary/aromatic N) is 3. The second kappa shape index (κ2) is 33.6. The van der Waals surface area contributed by atoms with Crippen LogP contribution < -0.4 is 32.3 Å². The average Bonchev–Trinajstić information content (AvgIpc) is 3.92. The molecule has 0 unspecified atom stereocenters. The summed E-state index contributed by atoms with van der Waals surface area (Å²) in [7, 11) is 6.14. The van der Waals surface area contributed by atoms with E-state index in [1.807, 2.05) is 66.7 Å². The Morgan fingerprint density at radius 3 is 1.98 bits per heavy atom. The lowest BCUT2D eigenvalue weighted by Crippen LogP contribution is -2.60. The number of likely N-dealkylation sites (tertiary alicyclic amines) is 1. The lowest BCUT2D eigenvalue weighted by Gasteiger charge is -2.41. The van der Waals surface area contributed by atoms with Gasteiger partial charge in [0.05, 0.1) is 48.8 Å². The standard InChI is InChI=1S/C60H97N9O12/c1-16-38(8)51(47(79-14)33-48(70)69-31-21-25-46(69)53(80-15)40(10)55(73)63-41(11)52(71)43-22-18-17-19-23-43)67(12)58(76)49(36(4)5)66-57(75)50(37(6)7)68(13)60(78)81-34-42-26-28-44(29-27-42)64-56(74)45(24-20-30-62-59(61)77)65-54(72)39(9)32-35(2)3/h17-19,22-23,26-29,35-41,45-47,49-53,71H,16,20-21,24-25,30-34H2,1-15H3,(H,63,73)(H,64,74)(H,65,72)(H,66,75)(H3,61,62,77)/t38-,39-,40+,41+,45-,46-,47+,49-,50-,51-,52+,53+/m0/s1. The van der Waals surface area contributed by atoms with Crippen LogP contribution in [-0.4, -0.2) is 157 Å². The number of aliphatic hydroxyl groups excluding tert-OH is 1. The maximum atomic E-state index is 14.7. The van der Waals surface area contributed by atoms with Gasteiger partial charge in [0.25, 0.3) is 0 Å². The molecule has 81 heavy (non-hydrogen) atoms. The third-order valence-electron chi connectivity index (χ3n) is 15.5. The Balaban J connectivity index is 1.70. The molecule has 1 aliphatic heterocycles. The number of ether oxygens (including phenoxy) is 3. The van der Waals surface area contributed by atoms with Gasteiger partial charge in [0.15, 0.2) is 0 Å². The van der Waals surface area contributed by atoms with Gasteiger partial charge in [-0.15, -0.1) is 0 Å². The van der Waals surface area contributed by atoms with Crippen LogP contribution in [0, 0.1) is 35.5 Å². The molecule has 12 atom stereocenters. The molecular weight excluding hydrogens is 1040 g/mol. The molecule has 454 valence electrons. The molecule has 2 aromatic carbocycles. The Bertz CT molecular complexity index is 2340. The largest absolute Gasteiger partial charge is 0.445 e. The van der Waals surface area contributed by atoms with Crippen LogP contribution in [0.4, 0.5) is 15.3 Å². The number of nitrogens with one attached hydrogen (secondary N) is 5. The van der Waals surface area contributed by atoms with Crippen LogP contribution in [0.15, 0.2) is 54.6 Å². The zero-order chi connectivity index (χ0) is 60.8. The van der Waals surface area contributed by atoms with E-state index in [2.05, 4.69) is 26.6 Å². The molecule has 8 N–H and O–H groups in total. The van der Waals surface area contributed by atoms with Crippen molar-refractivity contribution in [3.63, 3.8) is 0 Å². The van der Waals surface area contributed by atoms with Crippen LogP contribution >= 0.6 is 0 Å². The normalized spacial score (nSPS) is 17.5. The van der Waals surface area contributed by atoms with Gasteiger partial charge in [0.1, 0.15) is 24.7 Å². The summed E-state index contributed by atoms with van der Waals surface area (Å²) < 4.78 is 17.7. The van der Waals surface area contributed by atoms with Crippen molar-refractivity contribution in [2.24, 2.45) is 41.2 Å². The minimum atomic E-state index is -1.04. The van der Waals surface area contributed by atoms with E-state index in [1.165, 1.54) is 26.2 Å². The fraction of sp³-hybridized carbons (Fsp3) is 0.667. The Labute approximate surface area is 481 Å². The van der Waals surface area contributed by atoms with Crippen LogP contribution in [-0.2, 0) is 49.6 Å². The SMILES string of the molecule is CC[C@H](C)[C@@H]([C@@H](CC(=O)N1CCC[C@H]1[C@H](OC)[C@@H](C)C(=O)N[C@H](C)[C@@H](O)c1ccccc1)OC)N(C)C(=O)[C@@H](NC(=O)[C@H](C(C)C)N(C)C(=O)OCc1ccc(NC(=O)[C@H](CCCNC(N)=O)NC(=O)[C@@H](C)CC(C)C)cc1)C(C)C. The molecule has 1 heterocycles. The van der Waals surface area contributed by atoms with E-state index in [4.69, 9.17) is 19.9 Å². The number of hydrogen-bond donors (Lipinski definition) is 7. The van der Waals surface area contributed by atoms with Crippen molar-refractivity contribution < 1.29 is 57.7 Å². The number of carbonyl (C=O) groups is 8. The molecule has 1 saturated heterocycles. The molecule has 0 radical (unpaired) electrons. The zero-order valence-corrected chi connectivity index (χ0v) is 50.8. The van der Waals surface area contributed by atoms with Gasteiger partial charge in [0, 0.05) is 53.0 Å². The van der Waals surface area contributed by atoms with E-state index in [9.17, 15) is 43.5 Å².